The maximum absolute atomic E-state index is 13.1. The van der Waals surface area contributed by atoms with Gasteiger partial charge in [0.1, 0.15) is 0 Å². The zero-order chi connectivity index (χ0) is 11.3. The topological polar surface area (TPSA) is 29.5 Å². The molecule has 0 aliphatic heterocycles. The van der Waals surface area contributed by atoms with E-state index in [2.05, 4.69) is 4.74 Å². The lowest BCUT2D eigenvalue weighted by Crippen LogP contribution is -2.21. The van der Waals surface area contributed by atoms with E-state index in [-0.39, 0.29) is 0 Å². The Bertz CT molecular complexity index is 360. The lowest BCUT2D eigenvalue weighted by Gasteiger charge is -2.08. The Kier molecular flexibility index (Phi) is 3.85. The average molecular weight is 209 g/mol. The number of rotatable bonds is 2. The molecule has 0 radical (unpaired) electrons. The Hall–Kier alpha value is -1.84. The number of benzene rings is 1. The van der Waals surface area contributed by atoms with Crippen LogP contribution in [0.5, 0.6) is 0 Å². The summed E-state index contributed by atoms with van der Waals surface area (Å²) in [6.45, 7) is 0. The van der Waals surface area contributed by atoms with Crippen molar-refractivity contribution in [2.45, 2.75) is 0 Å². The number of carbonyl (C=O) groups excluding carboxylic acids is 1. The summed E-state index contributed by atoms with van der Waals surface area (Å²) in [5.74, 6) is 0. The molecule has 0 fully saturated rings. The van der Waals surface area contributed by atoms with Crippen LogP contribution in [0.3, 0.4) is 0 Å². The van der Waals surface area contributed by atoms with Gasteiger partial charge in [0.15, 0.2) is 0 Å². The number of nitrogens with zero attached hydrogens (tertiary/aromatic N) is 1. The third kappa shape index (κ3) is 3.81. The summed E-state index contributed by atoms with van der Waals surface area (Å²) in [4.78, 5) is 12.1. The van der Waals surface area contributed by atoms with Crippen molar-refractivity contribution in [2.24, 2.45) is 0 Å². The van der Waals surface area contributed by atoms with E-state index in [9.17, 15) is 9.18 Å². The number of halogens is 1. The van der Waals surface area contributed by atoms with Crippen LogP contribution in [0, 0.1) is 0 Å². The summed E-state index contributed by atoms with van der Waals surface area (Å²) < 4.78 is 17.5. The minimum atomic E-state index is -0.917. The standard InChI is InChI=1S/C11H12FNO2/c1-13(2)11(14)15-10(12)8-9-6-4-3-5-7-9/h3-8H,1-2H3/b10-8+. The summed E-state index contributed by atoms with van der Waals surface area (Å²) in [7, 11) is 2.97. The van der Waals surface area contributed by atoms with Crippen molar-refractivity contribution in [3.8, 4) is 0 Å². The second kappa shape index (κ2) is 5.14. The molecule has 0 atom stereocenters. The van der Waals surface area contributed by atoms with Gasteiger partial charge in [-0.3, -0.25) is 0 Å². The molecule has 4 heteroatoms. The van der Waals surface area contributed by atoms with Gasteiger partial charge in [0.2, 0.25) is 0 Å². The van der Waals surface area contributed by atoms with Crippen LogP contribution < -0.4 is 0 Å². The smallest absolute Gasteiger partial charge is 0.382 e. The summed E-state index contributed by atoms with van der Waals surface area (Å²) in [5.41, 5.74) is 0.640. The van der Waals surface area contributed by atoms with Crippen LogP contribution in [0.1, 0.15) is 5.56 Å². The molecule has 0 saturated heterocycles. The molecule has 0 spiro atoms. The molecule has 3 nitrogen and oxygen atoms in total. The first-order valence-corrected chi connectivity index (χ1v) is 4.41. The maximum Gasteiger partial charge on any atom is 0.416 e. The van der Waals surface area contributed by atoms with Gasteiger partial charge in [-0.05, 0) is 5.56 Å². The fraction of sp³-hybridized carbons (Fsp3) is 0.182. The van der Waals surface area contributed by atoms with Gasteiger partial charge in [-0.1, -0.05) is 30.3 Å². The van der Waals surface area contributed by atoms with Gasteiger partial charge >= 0.3 is 6.09 Å². The molecule has 1 aromatic rings. The van der Waals surface area contributed by atoms with Crippen LogP contribution in [0.4, 0.5) is 9.18 Å². The first-order valence-electron chi connectivity index (χ1n) is 4.41. The average Bonchev–Trinajstić information content (AvgIpc) is 2.18. The van der Waals surface area contributed by atoms with Gasteiger partial charge in [0.25, 0.3) is 6.01 Å². The predicted molar refractivity (Wildman–Crippen MR) is 55.7 cm³/mol. The highest BCUT2D eigenvalue weighted by Crippen LogP contribution is 2.09. The number of amides is 1. The second-order valence-corrected chi connectivity index (χ2v) is 3.12. The highest BCUT2D eigenvalue weighted by molar-refractivity contribution is 5.69. The maximum atomic E-state index is 13.1. The van der Waals surface area contributed by atoms with E-state index >= 15 is 0 Å². The van der Waals surface area contributed by atoms with Crippen molar-refractivity contribution in [2.75, 3.05) is 14.1 Å². The lowest BCUT2D eigenvalue weighted by atomic mass is 10.2. The molecule has 1 amide bonds. The molecule has 1 aromatic carbocycles. The minimum Gasteiger partial charge on any atom is -0.382 e. The Morgan fingerprint density at radius 3 is 2.47 bits per heavy atom. The quantitative estimate of drug-likeness (QED) is 0.701. The molecule has 0 aliphatic carbocycles. The SMILES string of the molecule is CN(C)C(=O)O/C(F)=C/c1ccccc1. The lowest BCUT2D eigenvalue weighted by molar-refractivity contribution is 0.126. The molecule has 0 unspecified atom stereocenters. The van der Waals surface area contributed by atoms with E-state index in [0.29, 0.717) is 5.56 Å². The van der Waals surface area contributed by atoms with Crippen molar-refractivity contribution in [3.05, 3.63) is 41.9 Å². The highest BCUT2D eigenvalue weighted by Gasteiger charge is 2.07. The monoisotopic (exact) mass is 209 g/mol. The molecule has 0 aliphatic rings. The van der Waals surface area contributed by atoms with Gasteiger partial charge < -0.3 is 9.64 Å². The highest BCUT2D eigenvalue weighted by atomic mass is 19.1. The fourth-order valence-electron chi connectivity index (χ4n) is 0.884. The molecule has 15 heavy (non-hydrogen) atoms. The normalized spacial score (nSPS) is 11.0. The molecule has 0 N–H and O–H groups in total. The van der Waals surface area contributed by atoms with Gasteiger partial charge in [-0.25, -0.2) is 4.79 Å². The largest absolute Gasteiger partial charge is 0.416 e. The van der Waals surface area contributed by atoms with Gasteiger partial charge in [-0.15, -0.1) is 0 Å². The Morgan fingerprint density at radius 2 is 1.93 bits per heavy atom. The molecule has 0 aromatic heterocycles. The number of hydrogen-bond donors (Lipinski definition) is 0. The van der Waals surface area contributed by atoms with Crippen LogP contribution in [-0.2, 0) is 4.74 Å². The third-order valence-electron chi connectivity index (χ3n) is 1.63. The van der Waals surface area contributed by atoms with E-state index in [1.165, 1.54) is 14.1 Å². The molecule has 0 heterocycles. The van der Waals surface area contributed by atoms with E-state index in [0.717, 1.165) is 11.0 Å². The van der Waals surface area contributed by atoms with Crippen molar-refractivity contribution in [1.29, 1.82) is 0 Å². The molecule has 80 valence electrons. The van der Waals surface area contributed by atoms with E-state index in [1.807, 2.05) is 6.07 Å². The van der Waals surface area contributed by atoms with Crippen LogP contribution >= 0.6 is 0 Å². The van der Waals surface area contributed by atoms with Crippen molar-refractivity contribution >= 4 is 12.2 Å². The van der Waals surface area contributed by atoms with E-state index in [4.69, 9.17) is 0 Å². The van der Waals surface area contributed by atoms with E-state index in [1.54, 1.807) is 24.3 Å². The van der Waals surface area contributed by atoms with Crippen LogP contribution in [0.15, 0.2) is 36.3 Å². The van der Waals surface area contributed by atoms with E-state index < -0.39 is 12.1 Å². The molecular weight excluding hydrogens is 197 g/mol. The number of hydrogen-bond acceptors (Lipinski definition) is 2. The van der Waals surface area contributed by atoms with Gasteiger partial charge in [0, 0.05) is 20.2 Å². The van der Waals surface area contributed by atoms with Crippen LogP contribution in [0.2, 0.25) is 0 Å². The summed E-state index contributed by atoms with van der Waals surface area (Å²) in [6.07, 6.45) is 0.418. The summed E-state index contributed by atoms with van der Waals surface area (Å²) in [5, 5.41) is 0. The third-order valence-corrected chi connectivity index (χ3v) is 1.63. The second-order valence-electron chi connectivity index (χ2n) is 3.12. The zero-order valence-corrected chi connectivity index (χ0v) is 8.61. The Morgan fingerprint density at radius 1 is 1.33 bits per heavy atom. The van der Waals surface area contributed by atoms with Gasteiger partial charge in [0.05, 0.1) is 0 Å². The minimum absolute atomic E-state index is 0.640. The molecule has 1 rings (SSSR count). The zero-order valence-electron chi connectivity index (χ0n) is 8.61. The van der Waals surface area contributed by atoms with Crippen LogP contribution in [-0.4, -0.2) is 25.1 Å². The predicted octanol–water partition coefficient (Wildman–Crippen LogP) is 2.65. The summed E-state index contributed by atoms with van der Waals surface area (Å²) in [6, 6.07) is 7.87. The molecule has 0 saturated carbocycles. The number of ether oxygens (including phenoxy) is 1. The van der Waals surface area contributed by atoms with Gasteiger partial charge in [-0.2, -0.15) is 4.39 Å². The Balaban J connectivity index is 2.65. The van der Waals surface area contributed by atoms with Crippen molar-refractivity contribution in [1.82, 2.24) is 4.90 Å². The van der Waals surface area contributed by atoms with Crippen LogP contribution in [0.25, 0.3) is 6.08 Å². The molecule has 0 bridgehead atoms. The first-order chi connectivity index (χ1) is 7.09. The van der Waals surface area contributed by atoms with Crippen molar-refractivity contribution < 1.29 is 13.9 Å². The first kappa shape index (κ1) is 11.2. The number of carbonyl (C=O) groups is 1. The Labute approximate surface area is 87.8 Å². The fourth-order valence-corrected chi connectivity index (χ4v) is 0.884. The summed E-state index contributed by atoms with van der Waals surface area (Å²) >= 11 is 0. The van der Waals surface area contributed by atoms with Crippen molar-refractivity contribution in [3.63, 3.8) is 0 Å². The molecular formula is C11H12FNO2.